The van der Waals surface area contributed by atoms with Gasteiger partial charge in [-0.3, -0.25) is 14.4 Å². The molecule has 7 fully saturated rings. The topological polar surface area (TPSA) is 69.7 Å². The largest absolute Gasteiger partial charge is 0.465 e. The monoisotopic (exact) mass is 274 g/mol. The minimum Gasteiger partial charge on any atom is -0.465 e. The first-order valence-electron chi connectivity index (χ1n) is 7.48. The molecule has 6 aliphatic carbocycles. The van der Waals surface area contributed by atoms with E-state index in [0.29, 0.717) is 48.0 Å². The Bertz CT molecular complexity index is 604. The van der Waals surface area contributed by atoms with Crippen molar-refractivity contribution >= 4 is 17.9 Å². The van der Waals surface area contributed by atoms with Crippen molar-refractivity contribution in [3.05, 3.63) is 0 Å². The van der Waals surface area contributed by atoms with Crippen LogP contribution in [-0.2, 0) is 23.9 Å². The first-order valence-corrected chi connectivity index (χ1v) is 7.48. The Morgan fingerprint density at radius 1 is 1.05 bits per heavy atom. The molecule has 0 amide bonds. The van der Waals surface area contributed by atoms with E-state index in [0.717, 1.165) is 0 Å². The molecule has 1 heterocycles. The summed E-state index contributed by atoms with van der Waals surface area (Å²) in [6.45, 7) is 1.98. The van der Waals surface area contributed by atoms with Crippen LogP contribution in [0.15, 0.2) is 0 Å². The second-order valence-corrected chi connectivity index (χ2v) is 7.57. The zero-order valence-electron chi connectivity index (χ0n) is 10.9. The molecule has 6 unspecified atom stereocenters. The second kappa shape index (κ2) is 2.55. The molecule has 6 saturated carbocycles. The van der Waals surface area contributed by atoms with E-state index >= 15 is 0 Å². The predicted octanol–water partition coefficient (Wildman–Crippen LogP) is 0.233. The van der Waals surface area contributed by atoms with Crippen molar-refractivity contribution in [2.45, 2.75) is 6.92 Å². The lowest BCUT2D eigenvalue weighted by molar-refractivity contribution is -0.534. The molecule has 0 N–H and O–H groups in total. The van der Waals surface area contributed by atoms with Gasteiger partial charge in [0.15, 0.2) is 0 Å². The Labute approximate surface area is 115 Å². The second-order valence-electron chi connectivity index (χ2n) is 7.57. The fourth-order valence-corrected chi connectivity index (χ4v) is 7.73. The van der Waals surface area contributed by atoms with Crippen molar-refractivity contribution < 1.29 is 23.9 Å². The third kappa shape index (κ3) is 0.655. The van der Waals surface area contributed by atoms with Gasteiger partial charge >= 0.3 is 17.9 Å². The van der Waals surface area contributed by atoms with E-state index in [4.69, 9.17) is 9.47 Å². The van der Waals surface area contributed by atoms with Gasteiger partial charge in [0, 0.05) is 12.3 Å². The number of ether oxygens (including phenoxy) is 2. The molecule has 5 heteroatoms. The summed E-state index contributed by atoms with van der Waals surface area (Å²) in [6.07, 6.45) is 0. The average molecular weight is 274 g/mol. The normalized spacial score (nSPS) is 65.0. The molecular weight excluding hydrogens is 260 g/mol. The van der Waals surface area contributed by atoms with E-state index in [-0.39, 0.29) is 35.2 Å². The summed E-state index contributed by atoms with van der Waals surface area (Å²) in [5, 5.41) is 0. The number of cyclic esters (lactones) is 2. The van der Waals surface area contributed by atoms with Crippen LogP contribution in [-0.4, -0.2) is 24.5 Å². The average Bonchev–Trinajstić information content (AvgIpc) is 2.64. The van der Waals surface area contributed by atoms with Gasteiger partial charge in [0.1, 0.15) is 0 Å². The Hall–Kier alpha value is -1.39. The highest BCUT2D eigenvalue weighted by molar-refractivity contribution is 5.98. The lowest BCUT2D eigenvalue weighted by Crippen LogP contribution is -2.98. The van der Waals surface area contributed by atoms with Crippen LogP contribution >= 0.6 is 0 Å². The molecule has 0 aromatic carbocycles. The zero-order chi connectivity index (χ0) is 13.5. The SMILES string of the molecule is CC(=O)OCC12C3C4C5C(=O)OC(=O)C5C5C3C1C5C42. The van der Waals surface area contributed by atoms with E-state index in [1.165, 1.54) is 6.92 Å². The molecule has 1 saturated heterocycles. The fraction of sp³-hybridized carbons (Fsp3) is 0.800. The first-order chi connectivity index (χ1) is 9.59. The first kappa shape index (κ1) is 10.4. The number of esters is 3. The van der Waals surface area contributed by atoms with E-state index in [9.17, 15) is 14.4 Å². The number of carbonyl (C=O) groups excluding carboxylic acids is 3. The molecule has 7 rings (SSSR count). The van der Waals surface area contributed by atoms with Gasteiger partial charge in [-0.2, -0.15) is 0 Å². The van der Waals surface area contributed by atoms with Gasteiger partial charge in [0.2, 0.25) is 0 Å². The Kier molecular flexibility index (Phi) is 1.32. The van der Waals surface area contributed by atoms with E-state index in [1.54, 1.807) is 0 Å². The zero-order valence-corrected chi connectivity index (χ0v) is 10.9. The Morgan fingerprint density at radius 3 is 2.20 bits per heavy atom. The molecule has 0 radical (unpaired) electrons. The minimum absolute atomic E-state index is 0.140. The van der Waals surface area contributed by atoms with Crippen molar-refractivity contribution in [1.29, 1.82) is 0 Å². The van der Waals surface area contributed by atoms with Crippen LogP contribution in [0.4, 0.5) is 0 Å². The highest BCUT2D eigenvalue weighted by Gasteiger charge is 2.99. The highest BCUT2D eigenvalue weighted by atomic mass is 16.6. The number of rotatable bonds is 2. The van der Waals surface area contributed by atoms with Crippen LogP contribution in [0.2, 0.25) is 0 Å². The third-order valence-electron chi connectivity index (χ3n) is 7.73. The smallest absolute Gasteiger partial charge is 0.317 e. The number of hydrogen-bond acceptors (Lipinski definition) is 5. The third-order valence-corrected chi connectivity index (χ3v) is 7.73. The molecule has 7 aliphatic rings. The molecule has 0 aromatic rings. The standard InChI is InChI=1S/C15H14O5/c1-3(16)19-2-15-10-7-4-5-6(14(18)20-13(5)17)9(11(7)15)12(15)8(4)10/h4-12H,2H2,1H3. The lowest BCUT2D eigenvalue weighted by Gasteiger charge is -2.98. The molecule has 104 valence electrons. The van der Waals surface area contributed by atoms with Gasteiger partial charge in [-0.1, -0.05) is 0 Å². The van der Waals surface area contributed by atoms with Crippen LogP contribution in [0.5, 0.6) is 0 Å². The van der Waals surface area contributed by atoms with Crippen LogP contribution in [0.25, 0.3) is 0 Å². The summed E-state index contributed by atoms with van der Waals surface area (Å²) in [6, 6.07) is 0. The quantitative estimate of drug-likeness (QED) is 0.532. The molecular formula is C15H14O5. The number of hydrogen-bond donors (Lipinski definition) is 0. The van der Waals surface area contributed by atoms with Crippen molar-refractivity contribution in [1.82, 2.24) is 0 Å². The van der Waals surface area contributed by atoms with Crippen LogP contribution in [0.1, 0.15) is 6.92 Å². The number of carbonyl (C=O) groups is 3. The molecule has 20 heavy (non-hydrogen) atoms. The van der Waals surface area contributed by atoms with Gasteiger partial charge in [-0.15, -0.1) is 0 Å². The van der Waals surface area contributed by atoms with Gasteiger partial charge in [-0.25, -0.2) is 0 Å². The molecule has 0 spiro atoms. The van der Waals surface area contributed by atoms with Crippen LogP contribution in [0.3, 0.4) is 0 Å². The van der Waals surface area contributed by atoms with E-state index in [1.807, 2.05) is 0 Å². The van der Waals surface area contributed by atoms with Crippen LogP contribution in [0, 0.1) is 58.7 Å². The van der Waals surface area contributed by atoms with Gasteiger partial charge < -0.3 is 9.47 Å². The summed E-state index contributed by atoms with van der Waals surface area (Å²) in [5.41, 5.74) is 0.180. The Balaban J connectivity index is 1.38. The molecule has 2 bridgehead atoms. The van der Waals surface area contributed by atoms with E-state index in [2.05, 4.69) is 0 Å². The van der Waals surface area contributed by atoms with Crippen molar-refractivity contribution in [2.75, 3.05) is 6.61 Å². The summed E-state index contributed by atoms with van der Waals surface area (Å²) in [5.74, 6) is 2.50. The fourth-order valence-electron chi connectivity index (χ4n) is 7.73. The summed E-state index contributed by atoms with van der Waals surface area (Å²) >= 11 is 0. The van der Waals surface area contributed by atoms with E-state index < -0.39 is 0 Å². The van der Waals surface area contributed by atoms with Crippen molar-refractivity contribution in [3.63, 3.8) is 0 Å². The molecule has 0 aromatic heterocycles. The van der Waals surface area contributed by atoms with Gasteiger partial charge in [0.25, 0.3) is 0 Å². The summed E-state index contributed by atoms with van der Waals surface area (Å²) < 4.78 is 10.2. The minimum atomic E-state index is -0.289. The summed E-state index contributed by atoms with van der Waals surface area (Å²) in [4.78, 5) is 34.9. The maximum absolute atomic E-state index is 11.9. The molecule has 6 atom stereocenters. The van der Waals surface area contributed by atoms with Crippen LogP contribution < -0.4 is 0 Å². The Morgan fingerprint density at radius 2 is 1.60 bits per heavy atom. The van der Waals surface area contributed by atoms with Crippen molar-refractivity contribution in [3.8, 4) is 0 Å². The molecule has 5 nitrogen and oxygen atoms in total. The van der Waals surface area contributed by atoms with Crippen molar-refractivity contribution in [2.24, 2.45) is 58.7 Å². The van der Waals surface area contributed by atoms with Gasteiger partial charge in [0.05, 0.1) is 18.4 Å². The molecule has 1 aliphatic heterocycles. The lowest BCUT2D eigenvalue weighted by atomic mass is 9.04. The van der Waals surface area contributed by atoms with Gasteiger partial charge in [-0.05, 0) is 41.4 Å². The summed E-state index contributed by atoms with van der Waals surface area (Å²) in [7, 11) is 0. The maximum atomic E-state index is 11.9. The predicted molar refractivity (Wildman–Crippen MR) is 61.6 cm³/mol. The maximum Gasteiger partial charge on any atom is 0.317 e. The highest BCUT2D eigenvalue weighted by Crippen LogP contribution is 2.98.